The second kappa shape index (κ2) is 16.9. The molecule has 0 saturated carbocycles. The lowest BCUT2D eigenvalue weighted by atomic mass is 9.86. The van der Waals surface area contributed by atoms with Gasteiger partial charge in [-0.15, -0.1) is 0 Å². The van der Waals surface area contributed by atoms with Crippen molar-refractivity contribution in [2.24, 2.45) is 23.5 Å². The van der Waals surface area contributed by atoms with Crippen molar-refractivity contribution in [1.29, 1.82) is 0 Å². The third-order valence-electron chi connectivity index (χ3n) is 7.04. The number of methoxy groups -OCH3 is 1. The molecule has 11 nitrogen and oxygen atoms in total. The van der Waals surface area contributed by atoms with E-state index in [0.29, 0.717) is 12.0 Å². The van der Waals surface area contributed by atoms with Gasteiger partial charge in [-0.3, -0.25) is 9.59 Å². The van der Waals surface area contributed by atoms with E-state index in [9.17, 15) is 19.2 Å². The van der Waals surface area contributed by atoms with E-state index < -0.39 is 42.1 Å². The minimum Gasteiger partial charge on any atom is -0.468 e. The number of benzene rings is 1. The van der Waals surface area contributed by atoms with Crippen LogP contribution in [0.2, 0.25) is 0 Å². The van der Waals surface area contributed by atoms with Gasteiger partial charge in [-0.05, 0) is 56.7 Å². The number of hydrogen-bond donors (Lipinski definition) is 1. The van der Waals surface area contributed by atoms with Gasteiger partial charge >= 0.3 is 24.2 Å². The third kappa shape index (κ3) is 11.9. The highest BCUT2D eigenvalue weighted by Gasteiger charge is 2.38. The van der Waals surface area contributed by atoms with Crippen LogP contribution in [0.15, 0.2) is 18.2 Å². The van der Waals surface area contributed by atoms with Crippen LogP contribution < -0.4 is 15.2 Å². The van der Waals surface area contributed by atoms with Gasteiger partial charge < -0.3 is 34.2 Å². The Kier molecular flexibility index (Phi) is 14.8. The Balaban J connectivity index is 3.30. The summed E-state index contributed by atoms with van der Waals surface area (Å²) in [6.07, 6.45) is -2.14. The highest BCUT2D eigenvalue weighted by atomic mass is 16.8. The van der Waals surface area contributed by atoms with Gasteiger partial charge in [0, 0.05) is 12.8 Å². The van der Waals surface area contributed by atoms with Crippen LogP contribution in [0.4, 0.5) is 9.59 Å². The summed E-state index contributed by atoms with van der Waals surface area (Å²) in [6, 6.07) is 4.38. The van der Waals surface area contributed by atoms with Crippen molar-refractivity contribution in [3.63, 3.8) is 0 Å². The molecule has 0 saturated heterocycles. The largest absolute Gasteiger partial charge is 0.514 e. The van der Waals surface area contributed by atoms with Crippen LogP contribution in [0, 0.1) is 17.8 Å². The summed E-state index contributed by atoms with van der Waals surface area (Å²) in [5.41, 5.74) is 5.40. The second-order valence-electron chi connectivity index (χ2n) is 11.6. The maximum atomic E-state index is 12.8. The molecule has 5 atom stereocenters. The summed E-state index contributed by atoms with van der Waals surface area (Å²) in [5, 5.41) is 0. The Morgan fingerprint density at radius 2 is 1.33 bits per heavy atom. The monoisotopic (exact) mass is 595 g/mol. The molecule has 0 amide bonds. The first kappa shape index (κ1) is 36.7. The van der Waals surface area contributed by atoms with Crippen molar-refractivity contribution in [1.82, 2.24) is 0 Å². The fraction of sp³-hybridized carbons (Fsp3) is 0.677. The summed E-state index contributed by atoms with van der Waals surface area (Å²) < 4.78 is 31.9. The van der Waals surface area contributed by atoms with Crippen LogP contribution in [0.25, 0.3) is 0 Å². The van der Waals surface area contributed by atoms with Gasteiger partial charge in [0.25, 0.3) is 0 Å². The topological polar surface area (TPSA) is 150 Å². The molecule has 0 aromatic heterocycles. The van der Waals surface area contributed by atoms with Gasteiger partial charge in [-0.1, -0.05) is 54.0 Å². The van der Waals surface area contributed by atoms with Crippen molar-refractivity contribution in [3.8, 4) is 11.5 Å². The van der Waals surface area contributed by atoms with Gasteiger partial charge in [0.05, 0.1) is 13.0 Å². The third-order valence-corrected chi connectivity index (χ3v) is 7.04. The number of carbonyl (C=O) groups excluding carboxylic acids is 4. The number of hydrogen-bond acceptors (Lipinski definition) is 11. The van der Waals surface area contributed by atoms with Crippen LogP contribution in [-0.2, 0) is 35.0 Å². The summed E-state index contributed by atoms with van der Waals surface area (Å²) in [5.74, 6) is -1.53. The predicted octanol–water partition coefficient (Wildman–Crippen LogP) is 5.98. The fourth-order valence-electron chi connectivity index (χ4n) is 3.85. The molecule has 0 radical (unpaired) electrons. The lowest BCUT2D eigenvalue weighted by molar-refractivity contribution is -0.157. The number of ether oxygens (including phenoxy) is 6. The molecule has 238 valence electrons. The molecule has 0 fully saturated rings. The Bertz CT molecular complexity index is 1060. The van der Waals surface area contributed by atoms with Crippen LogP contribution in [0.5, 0.6) is 11.5 Å². The van der Waals surface area contributed by atoms with Gasteiger partial charge in [0.15, 0.2) is 11.5 Å². The zero-order valence-corrected chi connectivity index (χ0v) is 26.7. The maximum Gasteiger partial charge on any atom is 0.514 e. The SMILES string of the molecule is CCCC(C)C(=O)OC(C)C[C@@](N)(Cc1ccc(OC(=O)O[C@@H](C)C(C)C)c(OC(=O)OC(C)C(C)C)c1)C(=O)OC. The summed E-state index contributed by atoms with van der Waals surface area (Å²) in [7, 11) is 1.21. The highest BCUT2D eigenvalue weighted by Crippen LogP contribution is 2.32. The Hall–Kier alpha value is -3.34. The van der Waals surface area contributed by atoms with E-state index in [2.05, 4.69) is 0 Å². The van der Waals surface area contributed by atoms with Gasteiger partial charge in [-0.25, -0.2) is 9.59 Å². The number of rotatable bonds is 15. The van der Waals surface area contributed by atoms with Crippen LogP contribution >= 0.6 is 0 Å². The molecule has 1 aromatic rings. The summed E-state index contributed by atoms with van der Waals surface area (Å²) in [4.78, 5) is 50.3. The molecule has 0 spiro atoms. The molecule has 1 rings (SSSR count). The molecule has 1 aromatic carbocycles. The average molecular weight is 596 g/mol. The van der Waals surface area contributed by atoms with E-state index in [1.54, 1.807) is 33.8 Å². The standard InChI is InChI=1S/C31H49NO10/c1-11-12-20(6)27(33)38-21(7)16-31(32,28(34)37-10)17-24-13-14-25(41-29(35)39-22(8)18(2)3)26(15-24)42-30(36)40-23(9)19(4)5/h13-15,18-23H,11-12,16-17,32H2,1-10H3/t20?,21?,22-,23?,31+/m0/s1. The van der Waals surface area contributed by atoms with E-state index in [1.807, 2.05) is 34.6 Å². The first-order chi connectivity index (χ1) is 19.5. The first-order valence-electron chi connectivity index (χ1n) is 14.5. The van der Waals surface area contributed by atoms with E-state index in [-0.39, 0.29) is 48.1 Å². The zero-order chi connectivity index (χ0) is 32.2. The Morgan fingerprint density at radius 1 is 0.810 bits per heavy atom. The molecule has 42 heavy (non-hydrogen) atoms. The maximum absolute atomic E-state index is 12.8. The molecule has 2 N–H and O–H groups in total. The molecule has 0 aliphatic heterocycles. The number of carbonyl (C=O) groups is 4. The number of nitrogens with two attached hydrogens (primary N) is 1. The van der Waals surface area contributed by atoms with Crippen molar-refractivity contribution >= 4 is 24.2 Å². The first-order valence-corrected chi connectivity index (χ1v) is 14.5. The van der Waals surface area contributed by atoms with E-state index in [1.165, 1.54) is 19.2 Å². The van der Waals surface area contributed by atoms with E-state index >= 15 is 0 Å². The molecule has 0 aliphatic rings. The zero-order valence-electron chi connectivity index (χ0n) is 26.7. The lowest BCUT2D eigenvalue weighted by Crippen LogP contribution is -2.53. The van der Waals surface area contributed by atoms with Crippen molar-refractivity contribution < 1.29 is 47.6 Å². The molecular formula is C31H49NO10. The Labute approximate surface area is 249 Å². The predicted molar refractivity (Wildman–Crippen MR) is 156 cm³/mol. The highest BCUT2D eigenvalue weighted by molar-refractivity contribution is 5.81. The molecule has 0 aliphatic carbocycles. The van der Waals surface area contributed by atoms with Gasteiger partial charge in [-0.2, -0.15) is 0 Å². The lowest BCUT2D eigenvalue weighted by Gasteiger charge is -2.30. The van der Waals surface area contributed by atoms with Crippen molar-refractivity contribution in [2.45, 2.75) is 112 Å². The quantitative estimate of drug-likeness (QED) is 0.145. The van der Waals surface area contributed by atoms with E-state index in [4.69, 9.17) is 34.2 Å². The second-order valence-corrected chi connectivity index (χ2v) is 11.6. The summed E-state index contributed by atoms with van der Waals surface area (Å²) in [6.45, 7) is 16.4. The average Bonchev–Trinajstić information content (AvgIpc) is 2.89. The molecule has 0 heterocycles. The minimum atomic E-state index is -1.60. The summed E-state index contributed by atoms with van der Waals surface area (Å²) >= 11 is 0. The normalized spacial score (nSPS) is 15.5. The molecule has 3 unspecified atom stereocenters. The van der Waals surface area contributed by atoms with Crippen LogP contribution in [0.3, 0.4) is 0 Å². The molecular weight excluding hydrogens is 546 g/mol. The Morgan fingerprint density at radius 3 is 1.81 bits per heavy atom. The van der Waals surface area contributed by atoms with Crippen LogP contribution in [-0.4, -0.2) is 55.2 Å². The van der Waals surface area contributed by atoms with Crippen molar-refractivity contribution in [3.05, 3.63) is 23.8 Å². The molecule has 0 bridgehead atoms. The minimum absolute atomic E-state index is 0.0334. The number of esters is 2. The molecule has 11 heteroatoms. The van der Waals surface area contributed by atoms with E-state index in [0.717, 1.165) is 6.42 Å². The van der Waals surface area contributed by atoms with Gasteiger partial charge in [0.2, 0.25) is 0 Å². The van der Waals surface area contributed by atoms with Gasteiger partial charge in [0.1, 0.15) is 23.9 Å². The van der Waals surface area contributed by atoms with Crippen LogP contribution in [0.1, 0.15) is 87.1 Å². The fourth-order valence-corrected chi connectivity index (χ4v) is 3.85. The smallest absolute Gasteiger partial charge is 0.468 e. The van der Waals surface area contributed by atoms with Crippen molar-refractivity contribution in [2.75, 3.05) is 7.11 Å².